The second kappa shape index (κ2) is 8.09. The predicted molar refractivity (Wildman–Crippen MR) is 54.5 cm³/mol. The van der Waals surface area contributed by atoms with Crippen molar-refractivity contribution in [3.05, 3.63) is 0 Å². The third kappa shape index (κ3) is 9.38. The van der Waals surface area contributed by atoms with Gasteiger partial charge in [0.2, 0.25) is 0 Å². The molecule has 2 heteroatoms. The SMILES string of the molecule is CC(C)CCCC(C)CCOC=O. The van der Waals surface area contributed by atoms with Crippen LogP contribution in [0.25, 0.3) is 0 Å². The van der Waals surface area contributed by atoms with Gasteiger partial charge in [-0.25, -0.2) is 0 Å². The molecular weight excluding hydrogens is 164 g/mol. The van der Waals surface area contributed by atoms with Crippen LogP contribution in [0.4, 0.5) is 0 Å². The molecule has 0 amide bonds. The maximum atomic E-state index is 9.87. The van der Waals surface area contributed by atoms with E-state index in [9.17, 15) is 4.79 Å². The number of ether oxygens (including phenoxy) is 1. The summed E-state index contributed by atoms with van der Waals surface area (Å²) in [5, 5.41) is 0. The molecule has 0 rings (SSSR count). The molecule has 0 heterocycles. The van der Waals surface area contributed by atoms with Crippen molar-refractivity contribution in [3.8, 4) is 0 Å². The number of hydrogen-bond donors (Lipinski definition) is 0. The van der Waals surface area contributed by atoms with Crippen LogP contribution in [-0.2, 0) is 9.53 Å². The minimum atomic E-state index is 0.529. The first kappa shape index (κ1) is 12.5. The Bertz CT molecular complexity index is 121. The quantitative estimate of drug-likeness (QED) is 0.430. The van der Waals surface area contributed by atoms with Crippen molar-refractivity contribution in [3.63, 3.8) is 0 Å². The van der Waals surface area contributed by atoms with Gasteiger partial charge in [0.25, 0.3) is 6.47 Å². The first-order valence-electron chi connectivity index (χ1n) is 5.22. The number of carbonyl (C=O) groups excluding carboxylic acids is 1. The third-order valence-electron chi connectivity index (χ3n) is 2.27. The van der Waals surface area contributed by atoms with E-state index in [4.69, 9.17) is 0 Å². The molecule has 0 aliphatic carbocycles. The Kier molecular flexibility index (Phi) is 7.76. The van der Waals surface area contributed by atoms with Crippen molar-refractivity contribution in [2.75, 3.05) is 6.61 Å². The van der Waals surface area contributed by atoms with Crippen molar-refractivity contribution >= 4 is 6.47 Å². The molecule has 13 heavy (non-hydrogen) atoms. The van der Waals surface area contributed by atoms with Gasteiger partial charge in [-0.3, -0.25) is 4.79 Å². The van der Waals surface area contributed by atoms with Crippen molar-refractivity contribution in [1.29, 1.82) is 0 Å². The lowest BCUT2D eigenvalue weighted by atomic mass is 9.98. The van der Waals surface area contributed by atoms with Gasteiger partial charge in [-0.15, -0.1) is 0 Å². The summed E-state index contributed by atoms with van der Waals surface area (Å²) in [5.74, 6) is 1.48. The van der Waals surface area contributed by atoms with Gasteiger partial charge in [-0.05, 0) is 18.3 Å². The van der Waals surface area contributed by atoms with E-state index in [1.165, 1.54) is 19.3 Å². The fourth-order valence-electron chi connectivity index (χ4n) is 1.34. The molecule has 0 aromatic rings. The zero-order valence-corrected chi connectivity index (χ0v) is 9.08. The van der Waals surface area contributed by atoms with Crippen LogP contribution in [0.1, 0.15) is 46.5 Å². The van der Waals surface area contributed by atoms with E-state index < -0.39 is 0 Å². The molecule has 2 nitrogen and oxygen atoms in total. The highest BCUT2D eigenvalue weighted by molar-refractivity contribution is 5.36. The summed E-state index contributed by atoms with van der Waals surface area (Å²) in [7, 11) is 0. The average molecular weight is 186 g/mol. The van der Waals surface area contributed by atoms with E-state index in [2.05, 4.69) is 25.5 Å². The molecule has 0 aromatic heterocycles. The third-order valence-corrected chi connectivity index (χ3v) is 2.27. The van der Waals surface area contributed by atoms with Crippen molar-refractivity contribution in [2.24, 2.45) is 11.8 Å². The molecule has 0 fully saturated rings. The molecule has 0 radical (unpaired) electrons. The lowest BCUT2D eigenvalue weighted by molar-refractivity contribution is -0.129. The highest BCUT2D eigenvalue weighted by atomic mass is 16.5. The Morgan fingerprint density at radius 1 is 1.15 bits per heavy atom. The van der Waals surface area contributed by atoms with Crippen LogP contribution in [0.3, 0.4) is 0 Å². The Labute approximate surface area is 81.7 Å². The highest BCUT2D eigenvalue weighted by Gasteiger charge is 2.02. The molecule has 0 bridgehead atoms. The van der Waals surface area contributed by atoms with Crippen LogP contribution >= 0.6 is 0 Å². The van der Waals surface area contributed by atoms with Crippen LogP contribution in [0.5, 0.6) is 0 Å². The first-order valence-corrected chi connectivity index (χ1v) is 5.22. The molecular formula is C11H22O2. The van der Waals surface area contributed by atoms with Gasteiger partial charge in [0.1, 0.15) is 0 Å². The Balaban J connectivity index is 3.19. The zero-order chi connectivity index (χ0) is 10.1. The van der Waals surface area contributed by atoms with Crippen molar-refractivity contribution in [1.82, 2.24) is 0 Å². The van der Waals surface area contributed by atoms with Crippen molar-refractivity contribution in [2.45, 2.75) is 46.5 Å². The maximum absolute atomic E-state index is 9.87. The molecule has 78 valence electrons. The molecule has 0 aromatic carbocycles. The average Bonchev–Trinajstić information content (AvgIpc) is 2.04. The van der Waals surface area contributed by atoms with E-state index in [1.54, 1.807) is 0 Å². The molecule has 0 aliphatic rings. The standard InChI is InChI=1S/C11H22O2/c1-10(2)5-4-6-11(3)7-8-13-9-12/h9-11H,4-8H2,1-3H3. The lowest BCUT2D eigenvalue weighted by Gasteiger charge is -2.11. The summed E-state index contributed by atoms with van der Waals surface area (Å²) in [6.45, 7) is 7.82. The topological polar surface area (TPSA) is 26.3 Å². The predicted octanol–water partition coefficient (Wildman–Crippen LogP) is 3.01. The summed E-state index contributed by atoms with van der Waals surface area (Å²) in [6.07, 6.45) is 4.84. The summed E-state index contributed by atoms with van der Waals surface area (Å²) < 4.78 is 4.65. The van der Waals surface area contributed by atoms with Crippen LogP contribution in [-0.4, -0.2) is 13.1 Å². The molecule has 1 unspecified atom stereocenters. The van der Waals surface area contributed by atoms with E-state index in [0.717, 1.165) is 12.3 Å². The maximum Gasteiger partial charge on any atom is 0.293 e. The van der Waals surface area contributed by atoms with Gasteiger partial charge in [0, 0.05) is 0 Å². The number of carbonyl (C=O) groups is 1. The Morgan fingerprint density at radius 3 is 2.38 bits per heavy atom. The molecule has 0 aliphatic heterocycles. The summed E-state index contributed by atoms with van der Waals surface area (Å²) >= 11 is 0. The first-order chi connectivity index (χ1) is 6.16. The monoisotopic (exact) mass is 186 g/mol. The van der Waals surface area contributed by atoms with Gasteiger partial charge < -0.3 is 4.74 Å². The summed E-state index contributed by atoms with van der Waals surface area (Å²) in [5.41, 5.74) is 0. The van der Waals surface area contributed by atoms with Gasteiger partial charge in [-0.1, -0.05) is 40.0 Å². The zero-order valence-electron chi connectivity index (χ0n) is 9.08. The van der Waals surface area contributed by atoms with E-state index in [-0.39, 0.29) is 0 Å². The Hall–Kier alpha value is -0.530. The highest BCUT2D eigenvalue weighted by Crippen LogP contribution is 2.14. The Morgan fingerprint density at radius 2 is 1.85 bits per heavy atom. The lowest BCUT2D eigenvalue weighted by Crippen LogP contribution is -2.01. The van der Waals surface area contributed by atoms with Crippen LogP contribution in [0.2, 0.25) is 0 Å². The normalized spacial score (nSPS) is 12.9. The minimum Gasteiger partial charge on any atom is -0.468 e. The fraction of sp³-hybridized carbons (Fsp3) is 0.909. The molecule has 0 spiro atoms. The van der Waals surface area contributed by atoms with Gasteiger partial charge >= 0.3 is 0 Å². The smallest absolute Gasteiger partial charge is 0.293 e. The van der Waals surface area contributed by atoms with E-state index in [1.807, 2.05) is 0 Å². The molecule has 1 atom stereocenters. The van der Waals surface area contributed by atoms with Crippen LogP contribution in [0, 0.1) is 11.8 Å². The van der Waals surface area contributed by atoms with Gasteiger partial charge in [-0.2, -0.15) is 0 Å². The summed E-state index contributed by atoms with van der Waals surface area (Å²) in [4.78, 5) is 9.87. The summed E-state index contributed by atoms with van der Waals surface area (Å²) in [6, 6.07) is 0. The van der Waals surface area contributed by atoms with Gasteiger partial charge in [0.05, 0.1) is 6.61 Å². The second-order valence-corrected chi connectivity index (χ2v) is 4.19. The fourth-order valence-corrected chi connectivity index (χ4v) is 1.34. The van der Waals surface area contributed by atoms with E-state index >= 15 is 0 Å². The van der Waals surface area contributed by atoms with Gasteiger partial charge in [0.15, 0.2) is 0 Å². The molecule has 0 saturated heterocycles. The van der Waals surface area contributed by atoms with Crippen LogP contribution < -0.4 is 0 Å². The minimum absolute atomic E-state index is 0.529. The molecule has 0 saturated carbocycles. The second-order valence-electron chi connectivity index (χ2n) is 4.19. The molecule has 0 N–H and O–H groups in total. The number of hydrogen-bond acceptors (Lipinski definition) is 2. The largest absolute Gasteiger partial charge is 0.468 e. The van der Waals surface area contributed by atoms with Crippen LogP contribution in [0.15, 0.2) is 0 Å². The number of rotatable bonds is 8. The van der Waals surface area contributed by atoms with Crippen molar-refractivity contribution < 1.29 is 9.53 Å². The van der Waals surface area contributed by atoms with E-state index in [0.29, 0.717) is 19.0 Å².